The number of rotatable bonds is 0. The van der Waals surface area contributed by atoms with E-state index in [1.54, 1.807) is 0 Å². The Labute approximate surface area is 88.1 Å². The van der Waals surface area contributed by atoms with E-state index in [0.717, 1.165) is 0 Å². The summed E-state index contributed by atoms with van der Waals surface area (Å²) in [5, 5.41) is 0. The Morgan fingerprint density at radius 2 is 1.00 bits per heavy atom. The first-order valence-electron chi connectivity index (χ1n) is 0. The Morgan fingerprint density at radius 1 is 1.00 bits per heavy atom. The molecule has 0 fully saturated rings. The topological polar surface area (TPSA) is 0 Å². The maximum absolute atomic E-state index is 0. The van der Waals surface area contributed by atoms with Crippen LogP contribution >= 0.6 is 0 Å². The molecule has 26 valence electrons. The fraction of sp³-hybridized carbons (Fsp3) is 0. The van der Waals surface area contributed by atoms with E-state index in [4.69, 9.17) is 0 Å². The number of hydrogen-bond acceptors (Lipinski definition) is 0. The largest absolute Gasteiger partial charge is 0 e. The summed E-state index contributed by atoms with van der Waals surface area (Å²) in [4.78, 5) is 0. The van der Waals surface area contributed by atoms with Crippen molar-refractivity contribution in [1.29, 1.82) is 0 Å². The van der Waals surface area contributed by atoms with Crippen LogP contribution in [0.4, 0.5) is 0 Å². The minimum Gasteiger partial charge on any atom is 0 e. The molecule has 0 saturated carbocycles. The van der Waals surface area contributed by atoms with Gasteiger partial charge in [-0.2, -0.15) is 0 Å². The zero-order chi connectivity index (χ0) is 0. The Balaban J connectivity index is 0. The maximum Gasteiger partial charge on any atom is 0 e. The van der Waals surface area contributed by atoms with Gasteiger partial charge in [0.1, 0.15) is 0 Å². The van der Waals surface area contributed by atoms with Crippen molar-refractivity contribution in [1.82, 2.24) is 0 Å². The average molecular weight is 366 g/mol. The summed E-state index contributed by atoms with van der Waals surface area (Å²) < 4.78 is 0. The molecule has 0 aliphatic carbocycles. The predicted octanol–water partition coefficient (Wildman–Crippen LogP) is -0.391. The van der Waals surface area contributed by atoms with Crippen LogP contribution in [-0.4, -0.2) is 11.0 Å². The normalized spacial score (nSPS) is 0. The van der Waals surface area contributed by atoms with Crippen LogP contribution in [0.3, 0.4) is 0 Å². The zero-order valence-electron chi connectivity index (χ0n) is 2.23. The molecule has 0 saturated heterocycles. The molecule has 0 atom stereocenters. The molecular weight excluding hydrogens is 366 g/mol. The summed E-state index contributed by atoms with van der Waals surface area (Å²) in [6.07, 6.45) is 0. The van der Waals surface area contributed by atoms with Crippen LogP contribution in [0.2, 0.25) is 0 Å². The minimum absolute atomic E-state index is 0. The molecule has 0 spiro atoms. The summed E-state index contributed by atoms with van der Waals surface area (Å²) >= 11 is 0. The third-order valence-corrected chi connectivity index (χ3v) is 0. The molecule has 0 unspecified atom stereocenters. The standard InChI is InChI=1S/Mn.Si.Ti.V.W. The van der Waals surface area contributed by atoms with Gasteiger partial charge in [0.05, 0.1) is 0 Å². The molecule has 5 heteroatoms. The van der Waals surface area contributed by atoms with Gasteiger partial charge in [-0.05, 0) is 0 Å². The van der Waals surface area contributed by atoms with E-state index in [-0.39, 0.29) is 89.4 Å². The Hall–Kier alpha value is 2.72. The van der Waals surface area contributed by atoms with Crippen LogP contribution in [0.15, 0.2) is 0 Å². The quantitative estimate of drug-likeness (QED) is 0.513. The molecular formula is MnSiTiVW. The van der Waals surface area contributed by atoms with Crippen molar-refractivity contribution < 1.29 is 78.4 Å². The minimum atomic E-state index is 0. The van der Waals surface area contributed by atoms with Crippen molar-refractivity contribution >= 4 is 11.0 Å². The second-order valence-corrected chi connectivity index (χ2v) is 0. The smallest absolute Gasteiger partial charge is 0 e. The van der Waals surface area contributed by atoms with Crippen LogP contribution in [0.1, 0.15) is 0 Å². The summed E-state index contributed by atoms with van der Waals surface area (Å²) in [5.41, 5.74) is 0. The van der Waals surface area contributed by atoms with E-state index >= 15 is 0 Å². The molecule has 0 aliphatic rings. The molecule has 6 radical (unpaired) electrons. The van der Waals surface area contributed by atoms with Crippen LogP contribution in [0.5, 0.6) is 0 Å². The van der Waals surface area contributed by atoms with Crippen molar-refractivity contribution in [3.05, 3.63) is 0 Å². The van der Waals surface area contributed by atoms with Gasteiger partial charge in [0.15, 0.2) is 0 Å². The van der Waals surface area contributed by atoms with Crippen molar-refractivity contribution in [3.8, 4) is 0 Å². The van der Waals surface area contributed by atoms with Crippen molar-refractivity contribution in [3.63, 3.8) is 0 Å². The van der Waals surface area contributed by atoms with Crippen LogP contribution in [-0.2, 0) is 78.4 Å². The first kappa shape index (κ1) is 47.1. The van der Waals surface area contributed by atoms with Gasteiger partial charge >= 0.3 is 0 Å². The van der Waals surface area contributed by atoms with E-state index in [9.17, 15) is 0 Å². The van der Waals surface area contributed by atoms with Gasteiger partial charge in [0.25, 0.3) is 0 Å². The SMILES string of the molecule is [Mn].[Si].[Ti].[V].[W]. The monoisotopic (exact) mass is 366 g/mol. The van der Waals surface area contributed by atoms with Crippen LogP contribution in [0.25, 0.3) is 0 Å². The van der Waals surface area contributed by atoms with Crippen molar-refractivity contribution in [2.75, 3.05) is 0 Å². The van der Waals surface area contributed by atoms with E-state index in [1.807, 2.05) is 0 Å². The van der Waals surface area contributed by atoms with E-state index in [0.29, 0.717) is 0 Å². The summed E-state index contributed by atoms with van der Waals surface area (Å²) in [6.45, 7) is 0. The van der Waals surface area contributed by atoms with Gasteiger partial charge in [0.2, 0.25) is 0 Å². The molecule has 0 N–H and O–H groups in total. The summed E-state index contributed by atoms with van der Waals surface area (Å²) in [5.74, 6) is 0. The molecule has 0 heterocycles. The second-order valence-electron chi connectivity index (χ2n) is 0. The average Bonchev–Trinajstić information content (AvgIpc) is 0. The third kappa shape index (κ3) is 20.2. The van der Waals surface area contributed by atoms with Gasteiger partial charge in [-0.15, -0.1) is 0 Å². The first-order chi connectivity index (χ1) is 0. The zero-order valence-corrected chi connectivity index (χ0v) is 10.3. The molecule has 0 bridgehead atoms. The van der Waals surface area contributed by atoms with Gasteiger partial charge in [-0.1, -0.05) is 0 Å². The Morgan fingerprint density at radius 3 is 1.00 bits per heavy atom. The van der Waals surface area contributed by atoms with Crippen LogP contribution in [0, 0.1) is 0 Å². The number of hydrogen-bond donors (Lipinski definition) is 0. The van der Waals surface area contributed by atoms with E-state index in [2.05, 4.69) is 0 Å². The molecule has 0 aromatic heterocycles. The van der Waals surface area contributed by atoms with E-state index < -0.39 is 0 Å². The summed E-state index contributed by atoms with van der Waals surface area (Å²) in [7, 11) is 0. The fourth-order valence-corrected chi connectivity index (χ4v) is 0. The fourth-order valence-electron chi connectivity index (χ4n) is 0. The Kier molecular flexibility index (Phi) is 280. The second kappa shape index (κ2) is 29.7. The van der Waals surface area contributed by atoms with Gasteiger partial charge in [-0.3, -0.25) is 0 Å². The maximum atomic E-state index is 0. The Bertz CT molecular complexity index is 11.6. The molecule has 0 rings (SSSR count). The molecule has 0 aromatic rings. The van der Waals surface area contributed by atoms with Gasteiger partial charge in [0, 0.05) is 89.4 Å². The van der Waals surface area contributed by atoms with Crippen LogP contribution < -0.4 is 0 Å². The third-order valence-electron chi connectivity index (χ3n) is 0. The summed E-state index contributed by atoms with van der Waals surface area (Å²) in [6, 6.07) is 0. The first-order valence-corrected chi connectivity index (χ1v) is 0. The predicted molar refractivity (Wildman–Crippen MR) is 5.75 cm³/mol. The van der Waals surface area contributed by atoms with Gasteiger partial charge in [-0.25, -0.2) is 0 Å². The molecule has 0 nitrogen and oxygen atoms in total. The molecule has 0 amide bonds. The molecule has 0 aliphatic heterocycles. The van der Waals surface area contributed by atoms with Gasteiger partial charge < -0.3 is 0 Å². The van der Waals surface area contributed by atoms with Crippen molar-refractivity contribution in [2.24, 2.45) is 0 Å². The van der Waals surface area contributed by atoms with E-state index in [1.165, 1.54) is 0 Å². The molecule has 0 aromatic carbocycles. The molecule has 5 heavy (non-hydrogen) atoms. The van der Waals surface area contributed by atoms with Crippen molar-refractivity contribution in [2.45, 2.75) is 0 Å².